The molecule has 0 spiro atoms. The minimum atomic E-state index is -4.41. The van der Waals surface area contributed by atoms with Crippen LogP contribution >= 0.6 is 0 Å². The van der Waals surface area contributed by atoms with E-state index in [0.29, 0.717) is 6.29 Å². The van der Waals surface area contributed by atoms with E-state index in [-0.39, 0.29) is 39.3 Å². The molecule has 1 heterocycles. The zero-order chi connectivity index (χ0) is 27.3. The van der Waals surface area contributed by atoms with Gasteiger partial charge in [-0.1, -0.05) is 35.4 Å². The number of aldehydes is 1. The Kier molecular flexibility index (Phi) is 7.74. The topological polar surface area (TPSA) is 139 Å². The fraction of sp³-hybridized carbons (Fsp3) is 0.115. The van der Waals surface area contributed by atoms with E-state index in [4.69, 9.17) is 13.1 Å². The van der Waals surface area contributed by atoms with Gasteiger partial charge >= 0.3 is 20.2 Å². The van der Waals surface area contributed by atoms with Gasteiger partial charge in [-0.25, -0.2) is 9.97 Å². The van der Waals surface area contributed by atoms with E-state index in [1.165, 1.54) is 36.7 Å². The first-order chi connectivity index (χ1) is 18.1. The van der Waals surface area contributed by atoms with Crippen molar-refractivity contribution in [1.29, 1.82) is 0 Å². The number of rotatable bonds is 10. The second kappa shape index (κ2) is 11.0. The molecule has 12 heteroatoms. The van der Waals surface area contributed by atoms with Crippen LogP contribution in [0.3, 0.4) is 0 Å². The molecule has 0 amide bonds. The van der Waals surface area contributed by atoms with Crippen LogP contribution in [-0.2, 0) is 26.8 Å². The molecule has 0 N–H and O–H groups in total. The van der Waals surface area contributed by atoms with Gasteiger partial charge in [0.05, 0.1) is 0 Å². The lowest BCUT2D eigenvalue weighted by atomic mass is 10.2. The van der Waals surface area contributed by atoms with Crippen LogP contribution in [0.1, 0.15) is 27.3 Å². The predicted octanol–water partition coefficient (Wildman–Crippen LogP) is 4.02. The summed E-state index contributed by atoms with van der Waals surface area (Å²) in [4.78, 5) is 19.8. The molecule has 196 valence electrons. The van der Waals surface area contributed by atoms with Crippen molar-refractivity contribution in [1.82, 2.24) is 9.97 Å². The van der Waals surface area contributed by atoms with Crippen molar-refractivity contribution in [3.8, 4) is 17.2 Å². The SMILES string of the molecule is Cc1ccc(S(=O)(=O)Oc2cc(OCc3ncccn3)c(C=O)c(OS(=O)(=O)c3ccc(C)cc3)c2)cc1. The summed E-state index contributed by atoms with van der Waals surface area (Å²) in [6.07, 6.45) is 3.31. The summed E-state index contributed by atoms with van der Waals surface area (Å²) in [5.74, 6) is -0.758. The lowest BCUT2D eigenvalue weighted by Gasteiger charge is -2.15. The zero-order valence-corrected chi connectivity index (χ0v) is 21.9. The highest BCUT2D eigenvalue weighted by molar-refractivity contribution is 7.87. The number of benzene rings is 3. The smallest absolute Gasteiger partial charge is 0.339 e. The zero-order valence-electron chi connectivity index (χ0n) is 20.3. The molecule has 4 rings (SSSR count). The average molecular weight is 555 g/mol. The Morgan fingerprint density at radius 2 is 1.24 bits per heavy atom. The number of hydrogen-bond donors (Lipinski definition) is 0. The van der Waals surface area contributed by atoms with Gasteiger partial charge in [-0.05, 0) is 44.2 Å². The number of ether oxygens (including phenoxy) is 1. The minimum absolute atomic E-state index is 0.127. The third-order valence-electron chi connectivity index (χ3n) is 5.20. The number of nitrogens with zero attached hydrogens (tertiary/aromatic N) is 2. The lowest BCUT2D eigenvalue weighted by Crippen LogP contribution is -2.13. The number of carbonyl (C=O) groups excluding carboxylic acids is 1. The van der Waals surface area contributed by atoms with Gasteiger partial charge in [-0.2, -0.15) is 16.8 Å². The molecule has 1 aromatic heterocycles. The Labute approximate surface area is 220 Å². The van der Waals surface area contributed by atoms with Crippen molar-refractivity contribution in [3.63, 3.8) is 0 Å². The van der Waals surface area contributed by atoms with Gasteiger partial charge in [0.1, 0.15) is 33.5 Å². The fourth-order valence-corrected chi connectivity index (χ4v) is 5.08. The molecule has 0 unspecified atom stereocenters. The molecule has 3 aromatic carbocycles. The Morgan fingerprint density at radius 1 is 0.737 bits per heavy atom. The van der Waals surface area contributed by atoms with E-state index in [9.17, 15) is 21.6 Å². The molecule has 0 saturated carbocycles. The van der Waals surface area contributed by atoms with E-state index in [1.54, 1.807) is 44.2 Å². The highest BCUT2D eigenvalue weighted by Gasteiger charge is 2.25. The standard InChI is InChI=1S/C26H22N2O8S2/c1-18-4-8-21(9-5-18)37(30,31)35-20-14-24(34-17-26-27-12-3-13-28-26)23(16-29)25(15-20)36-38(32,33)22-10-6-19(2)7-11-22/h3-16H,17H2,1-2H3. The predicted molar refractivity (Wildman–Crippen MR) is 136 cm³/mol. The highest BCUT2D eigenvalue weighted by atomic mass is 32.2. The molecular formula is C26H22N2O8S2. The monoisotopic (exact) mass is 554 g/mol. The molecule has 0 atom stereocenters. The van der Waals surface area contributed by atoms with E-state index >= 15 is 0 Å². The van der Waals surface area contributed by atoms with Crippen molar-refractivity contribution in [3.05, 3.63) is 102 Å². The quantitative estimate of drug-likeness (QED) is 0.209. The van der Waals surface area contributed by atoms with Crippen LogP contribution in [0.15, 0.2) is 88.9 Å². The van der Waals surface area contributed by atoms with Crippen LogP contribution in [0.4, 0.5) is 0 Å². The van der Waals surface area contributed by atoms with Crippen molar-refractivity contribution in [2.45, 2.75) is 30.2 Å². The maximum absolute atomic E-state index is 13.0. The summed E-state index contributed by atoms with van der Waals surface area (Å²) >= 11 is 0. The van der Waals surface area contributed by atoms with Crippen LogP contribution in [0.5, 0.6) is 17.2 Å². The minimum Gasteiger partial charge on any atom is -0.485 e. The summed E-state index contributed by atoms with van der Waals surface area (Å²) in [6.45, 7) is 3.38. The van der Waals surface area contributed by atoms with Crippen LogP contribution in [0.25, 0.3) is 0 Å². The van der Waals surface area contributed by atoms with Gasteiger partial charge in [-0.15, -0.1) is 0 Å². The Bertz CT molecular complexity index is 1660. The molecule has 0 fully saturated rings. The van der Waals surface area contributed by atoms with Crippen LogP contribution < -0.4 is 13.1 Å². The maximum Gasteiger partial charge on any atom is 0.339 e. The first-order valence-corrected chi connectivity index (χ1v) is 13.9. The molecule has 0 aliphatic heterocycles. The molecule has 0 bridgehead atoms. The van der Waals surface area contributed by atoms with Gasteiger partial charge < -0.3 is 13.1 Å². The normalized spacial score (nSPS) is 11.5. The second-order valence-electron chi connectivity index (χ2n) is 8.11. The molecule has 0 radical (unpaired) electrons. The first kappa shape index (κ1) is 26.8. The number of carbonyl (C=O) groups is 1. The van der Waals surface area contributed by atoms with E-state index < -0.39 is 26.0 Å². The Morgan fingerprint density at radius 3 is 1.76 bits per heavy atom. The summed E-state index contributed by atoms with van der Waals surface area (Å²) in [7, 11) is -8.73. The molecule has 10 nitrogen and oxygen atoms in total. The van der Waals surface area contributed by atoms with Gasteiger partial charge in [0, 0.05) is 24.5 Å². The summed E-state index contributed by atoms with van der Waals surface area (Å²) in [5, 5.41) is 0. The van der Waals surface area contributed by atoms with Gasteiger partial charge in [-0.3, -0.25) is 4.79 Å². The van der Waals surface area contributed by atoms with Gasteiger partial charge in [0.25, 0.3) is 0 Å². The lowest BCUT2D eigenvalue weighted by molar-refractivity contribution is 0.111. The molecule has 0 aliphatic rings. The molecule has 0 saturated heterocycles. The highest BCUT2D eigenvalue weighted by Crippen LogP contribution is 2.36. The molecule has 0 aliphatic carbocycles. The van der Waals surface area contributed by atoms with Crippen LogP contribution in [-0.4, -0.2) is 33.1 Å². The number of hydrogen-bond acceptors (Lipinski definition) is 10. The van der Waals surface area contributed by atoms with Crippen molar-refractivity contribution >= 4 is 26.5 Å². The summed E-state index contributed by atoms with van der Waals surface area (Å²) in [6, 6.07) is 15.5. The van der Waals surface area contributed by atoms with E-state index in [2.05, 4.69) is 9.97 Å². The largest absolute Gasteiger partial charge is 0.485 e. The third kappa shape index (κ3) is 6.33. The molecular weight excluding hydrogens is 532 g/mol. The average Bonchev–Trinajstić information content (AvgIpc) is 2.88. The summed E-state index contributed by atoms with van der Waals surface area (Å²) < 4.78 is 67.9. The summed E-state index contributed by atoms with van der Waals surface area (Å²) in [5.41, 5.74) is 1.39. The van der Waals surface area contributed by atoms with E-state index in [1.807, 2.05) is 0 Å². The van der Waals surface area contributed by atoms with Crippen LogP contribution in [0.2, 0.25) is 0 Å². The third-order valence-corrected chi connectivity index (χ3v) is 7.71. The number of aromatic nitrogens is 2. The first-order valence-electron chi connectivity index (χ1n) is 11.1. The van der Waals surface area contributed by atoms with Gasteiger partial charge in [0.2, 0.25) is 0 Å². The molecule has 4 aromatic rings. The number of aryl methyl sites for hydroxylation is 2. The van der Waals surface area contributed by atoms with E-state index in [0.717, 1.165) is 23.3 Å². The van der Waals surface area contributed by atoms with Gasteiger partial charge in [0.15, 0.2) is 17.9 Å². The maximum atomic E-state index is 13.0. The Hall–Kier alpha value is -4.29. The molecule has 38 heavy (non-hydrogen) atoms. The Balaban J connectivity index is 1.75. The van der Waals surface area contributed by atoms with Crippen molar-refractivity contribution in [2.75, 3.05) is 0 Å². The van der Waals surface area contributed by atoms with Crippen LogP contribution in [0, 0.1) is 13.8 Å². The fourth-order valence-electron chi connectivity index (χ4n) is 3.23. The van der Waals surface area contributed by atoms with Crippen molar-refractivity contribution in [2.24, 2.45) is 0 Å². The van der Waals surface area contributed by atoms with Crippen molar-refractivity contribution < 1.29 is 34.7 Å². The second-order valence-corrected chi connectivity index (χ2v) is 11.2.